The monoisotopic (exact) mass is 381 g/mol. The molecular formula is C19H31NO5Si. The van der Waals surface area contributed by atoms with E-state index in [4.69, 9.17) is 9.16 Å². The van der Waals surface area contributed by atoms with E-state index in [1.807, 2.05) is 30.3 Å². The quantitative estimate of drug-likeness (QED) is 0.738. The number of carbonyl (C=O) groups is 1. The second kappa shape index (κ2) is 8.99. The molecule has 26 heavy (non-hydrogen) atoms. The van der Waals surface area contributed by atoms with Gasteiger partial charge in [0.25, 0.3) is 0 Å². The van der Waals surface area contributed by atoms with E-state index in [0.29, 0.717) is 13.1 Å². The number of hydrogen-bond donors (Lipinski definition) is 2. The number of rotatable bonds is 6. The molecule has 2 N–H and O–H groups in total. The third kappa shape index (κ3) is 5.54. The molecule has 0 aliphatic carbocycles. The fraction of sp³-hybridized carbons (Fsp3) is 0.632. The number of likely N-dealkylation sites (tertiary alicyclic amines) is 1. The maximum Gasteiger partial charge on any atom is 0.410 e. The molecule has 0 spiro atoms. The Balaban J connectivity index is 1.98. The van der Waals surface area contributed by atoms with E-state index >= 15 is 0 Å². The standard InChI is InChI=1S/C19H31NO5Si/c1-19(2,3)26(4)25-17-11-20(10-15(17)16(22)12-21)18(23)24-13-14-8-6-5-7-9-14/h5-9,15-17,21-22,26H,10-13H2,1-4H3/t15-,16?,17+,26?/m0/s1. The highest BCUT2D eigenvalue weighted by Crippen LogP contribution is 2.32. The van der Waals surface area contributed by atoms with Gasteiger partial charge in [0, 0.05) is 19.0 Å². The molecule has 2 rings (SSSR count). The average Bonchev–Trinajstić information content (AvgIpc) is 3.03. The molecule has 0 aromatic heterocycles. The lowest BCUT2D eigenvalue weighted by Crippen LogP contribution is -2.40. The van der Waals surface area contributed by atoms with Gasteiger partial charge in [-0.15, -0.1) is 0 Å². The minimum atomic E-state index is -1.53. The van der Waals surface area contributed by atoms with Gasteiger partial charge in [0.15, 0.2) is 9.04 Å². The summed E-state index contributed by atoms with van der Waals surface area (Å²) < 4.78 is 11.7. The summed E-state index contributed by atoms with van der Waals surface area (Å²) in [6.45, 7) is 9.12. The number of aliphatic hydroxyl groups excluding tert-OH is 2. The zero-order valence-corrected chi connectivity index (χ0v) is 17.2. The van der Waals surface area contributed by atoms with Crippen LogP contribution < -0.4 is 0 Å². The van der Waals surface area contributed by atoms with E-state index in [2.05, 4.69) is 27.3 Å². The van der Waals surface area contributed by atoms with Gasteiger partial charge in [-0.3, -0.25) is 0 Å². The van der Waals surface area contributed by atoms with Crippen molar-refractivity contribution in [3.8, 4) is 0 Å². The highest BCUT2D eigenvalue weighted by Gasteiger charge is 2.42. The molecule has 146 valence electrons. The number of benzene rings is 1. The van der Waals surface area contributed by atoms with Gasteiger partial charge in [-0.25, -0.2) is 4.79 Å². The molecule has 1 aliphatic heterocycles. The molecule has 6 nitrogen and oxygen atoms in total. The Morgan fingerprint density at radius 2 is 1.96 bits per heavy atom. The smallest absolute Gasteiger partial charge is 0.410 e. The predicted molar refractivity (Wildman–Crippen MR) is 102 cm³/mol. The maximum absolute atomic E-state index is 12.4. The van der Waals surface area contributed by atoms with Crippen LogP contribution >= 0.6 is 0 Å². The normalized spacial score (nSPS) is 22.9. The summed E-state index contributed by atoms with van der Waals surface area (Å²) in [4.78, 5) is 14.0. The van der Waals surface area contributed by atoms with Crippen molar-refractivity contribution in [2.45, 2.75) is 51.2 Å². The Morgan fingerprint density at radius 1 is 1.31 bits per heavy atom. The molecule has 1 aromatic carbocycles. The number of aliphatic hydroxyl groups is 2. The van der Waals surface area contributed by atoms with Crippen LogP contribution in [0.4, 0.5) is 4.79 Å². The first kappa shape index (κ1) is 20.9. The first-order chi connectivity index (χ1) is 12.2. The van der Waals surface area contributed by atoms with Crippen LogP contribution in [0.2, 0.25) is 11.6 Å². The van der Waals surface area contributed by atoms with Gasteiger partial charge in [-0.05, 0) is 17.1 Å². The Hall–Kier alpha value is -1.41. The fourth-order valence-corrected chi connectivity index (χ4v) is 4.09. The molecule has 1 amide bonds. The summed E-state index contributed by atoms with van der Waals surface area (Å²) in [7, 11) is -1.53. The van der Waals surface area contributed by atoms with Crippen LogP contribution in [-0.4, -0.2) is 62.2 Å². The molecule has 0 saturated carbocycles. The van der Waals surface area contributed by atoms with Gasteiger partial charge in [0.2, 0.25) is 0 Å². The molecule has 1 aromatic rings. The number of nitrogens with zero attached hydrogens (tertiary/aromatic N) is 1. The predicted octanol–water partition coefficient (Wildman–Crippen LogP) is 2.15. The van der Waals surface area contributed by atoms with Crippen molar-refractivity contribution in [2.75, 3.05) is 19.7 Å². The highest BCUT2D eigenvalue weighted by atomic mass is 28.3. The van der Waals surface area contributed by atoms with Crippen molar-refractivity contribution >= 4 is 15.1 Å². The van der Waals surface area contributed by atoms with Gasteiger partial charge in [-0.1, -0.05) is 51.1 Å². The second-order valence-electron chi connectivity index (χ2n) is 8.04. The highest BCUT2D eigenvalue weighted by molar-refractivity contribution is 6.53. The van der Waals surface area contributed by atoms with E-state index in [-0.39, 0.29) is 30.3 Å². The van der Waals surface area contributed by atoms with E-state index in [9.17, 15) is 15.0 Å². The number of carbonyl (C=O) groups excluding carboxylic acids is 1. The molecule has 2 unspecified atom stereocenters. The zero-order chi connectivity index (χ0) is 19.3. The Labute approximate surface area is 157 Å². The van der Waals surface area contributed by atoms with Crippen molar-refractivity contribution < 1.29 is 24.2 Å². The minimum absolute atomic E-state index is 0.0793. The maximum atomic E-state index is 12.4. The zero-order valence-electron chi connectivity index (χ0n) is 16.1. The lowest BCUT2D eigenvalue weighted by molar-refractivity contribution is 0.0126. The molecule has 1 aliphatic rings. The molecule has 1 saturated heterocycles. The molecule has 4 atom stereocenters. The number of amides is 1. The molecule has 7 heteroatoms. The number of hydrogen-bond acceptors (Lipinski definition) is 5. The lowest BCUT2D eigenvalue weighted by Gasteiger charge is -2.31. The third-order valence-electron chi connectivity index (χ3n) is 5.05. The van der Waals surface area contributed by atoms with Crippen LogP contribution in [0.1, 0.15) is 26.3 Å². The van der Waals surface area contributed by atoms with Crippen molar-refractivity contribution in [1.82, 2.24) is 4.90 Å². The molecule has 0 radical (unpaired) electrons. The van der Waals surface area contributed by atoms with Gasteiger partial charge < -0.3 is 24.3 Å². The van der Waals surface area contributed by atoms with Crippen LogP contribution in [0.15, 0.2) is 30.3 Å². The summed E-state index contributed by atoms with van der Waals surface area (Å²) in [6, 6.07) is 9.51. The van der Waals surface area contributed by atoms with Crippen LogP contribution in [-0.2, 0) is 15.8 Å². The van der Waals surface area contributed by atoms with Crippen LogP contribution in [0.3, 0.4) is 0 Å². The van der Waals surface area contributed by atoms with Crippen LogP contribution in [0.25, 0.3) is 0 Å². The van der Waals surface area contributed by atoms with E-state index < -0.39 is 21.2 Å². The van der Waals surface area contributed by atoms with Crippen molar-refractivity contribution in [3.05, 3.63) is 35.9 Å². The molecule has 0 bridgehead atoms. The summed E-state index contributed by atoms with van der Waals surface area (Å²) in [5, 5.41) is 19.6. The van der Waals surface area contributed by atoms with Crippen molar-refractivity contribution in [2.24, 2.45) is 5.92 Å². The fourth-order valence-electron chi connectivity index (χ4n) is 2.87. The van der Waals surface area contributed by atoms with Gasteiger partial charge in [0.1, 0.15) is 6.61 Å². The topological polar surface area (TPSA) is 79.2 Å². The minimum Gasteiger partial charge on any atom is -0.445 e. The Bertz CT molecular complexity index is 577. The van der Waals surface area contributed by atoms with E-state index in [0.717, 1.165) is 5.56 Å². The summed E-state index contributed by atoms with van der Waals surface area (Å²) in [5.74, 6) is -0.304. The third-order valence-corrected chi connectivity index (χ3v) is 8.25. The average molecular weight is 382 g/mol. The molecule has 1 fully saturated rings. The van der Waals surface area contributed by atoms with Crippen molar-refractivity contribution in [3.63, 3.8) is 0 Å². The molecule has 1 heterocycles. The van der Waals surface area contributed by atoms with Crippen molar-refractivity contribution in [1.29, 1.82) is 0 Å². The lowest BCUT2D eigenvalue weighted by atomic mass is 10.00. The summed E-state index contributed by atoms with van der Waals surface area (Å²) in [6.07, 6.45) is -1.60. The first-order valence-corrected chi connectivity index (χ1v) is 11.3. The van der Waals surface area contributed by atoms with Crippen LogP contribution in [0, 0.1) is 5.92 Å². The largest absolute Gasteiger partial charge is 0.445 e. The van der Waals surface area contributed by atoms with Gasteiger partial charge in [-0.2, -0.15) is 0 Å². The van der Waals surface area contributed by atoms with E-state index in [1.165, 1.54) is 0 Å². The van der Waals surface area contributed by atoms with Gasteiger partial charge >= 0.3 is 6.09 Å². The Kier molecular flexibility index (Phi) is 7.22. The van der Waals surface area contributed by atoms with Crippen LogP contribution in [0.5, 0.6) is 0 Å². The number of ether oxygens (including phenoxy) is 1. The van der Waals surface area contributed by atoms with E-state index in [1.54, 1.807) is 4.90 Å². The SMILES string of the molecule is C[SiH](O[C@@H]1CN(C(=O)OCc2ccccc2)C[C@H]1C(O)CO)C(C)(C)C. The Morgan fingerprint density at radius 3 is 2.54 bits per heavy atom. The summed E-state index contributed by atoms with van der Waals surface area (Å²) in [5.41, 5.74) is 0.925. The molecular weight excluding hydrogens is 350 g/mol. The first-order valence-electron chi connectivity index (χ1n) is 9.12. The van der Waals surface area contributed by atoms with Gasteiger partial charge in [0.05, 0.1) is 18.8 Å². The second-order valence-corrected chi connectivity index (χ2v) is 11.3. The summed E-state index contributed by atoms with van der Waals surface area (Å²) >= 11 is 0.